The van der Waals surface area contributed by atoms with E-state index in [1.807, 2.05) is 24.3 Å². The summed E-state index contributed by atoms with van der Waals surface area (Å²) in [6, 6.07) is 10.2. The van der Waals surface area contributed by atoms with Gasteiger partial charge >= 0.3 is 5.97 Å². The number of hydrogen-bond donors (Lipinski definition) is 0. The Balaban J connectivity index is 1.71. The Hall–Kier alpha value is -2.88. The van der Waals surface area contributed by atoms with Crippen molar-refractivity contribution in [1.29, 1.82) is 0 Å². The molecule has 0 saturated heterocycles. The predicted octanol–water partition coefficient (Wildman–Crippen LogP) is 3.94. The lowest BCUT2D eigenvalue weighted by Crippen LogP contribution is -2.39. The lowest BCUT2D eigenvalue weighted by Gasteiger charge is -2.24. The van der Waals surface area contributed by atoms with Crippen LogP contribution in [0.2, 0.25) is 5.02 Å². The molecule has 10 heteroatoms. The Morgan fingerprint density at radius 2 is 2.00 bits per heavy atom. The van der Waals surface area contributed by atoms with E-state index >= 15 is 0 Å². The summed E-state index contributed by atoms with van der Waals surface area (Å²) in [4.78, 5) is 31.6. The summed E-state index contributed by atoms with van der Waals surface area (Å²) >= 11 is 11.1. The molecule has 2 aromatic carbocycles. The third-order valence-corrected chi connectivity index (χ3v) is 7.32. The maximum atomic E-state index is 13.6. The molecule has 0 unspecified atom stereocenters. The molecule has 1 aromatic heterocycles. The van der Waals surface area contributed by atoms with Crippen molar-refractivity contribution in [2.75, 3.05) is 13.4 Å². The van der Waals surface area contributed by atoms with Crippen molar-refractivity contribution >= 4 is 50.9 Å². The highest BCUT2D eigenvalue weighted by molar-refractivity contribution is 9.10. The zero-order valence-electron chi connectivity index (χ0n) is 18.1. The molecule has 2 aliphatic heterocycles. The number of fused-ring (bicyclic) bond motifs is 2. The van der Waals surface area contributed by atoms with Crippen molar-refractivity contribution in [1.82, 2.24) is 4.57 Å². The third-order valence-electron chi connectivity index (χ3n) is 5.48. The quantitative estimate of drug-likeness (QED) is 0.451. The van der Waals surface area contributed by atoms with Crippen LogP contribution in [0.15, 0.2) is 61.9 Å². The summed E-state index contributed by atoms with van der Waals surface area (Å²) in [6.45, 7) is 3.84. The van der Waals surface area contributed by atoms with Gasteiger partial charge in [0.15, 0.2) is 16.3 Å². The largest absolute Gasteiger partial charge is 0.463 e. The number of rotatable bonds is 4. The first-order valence-electron chi connectivity index (χ1n) is 10.4. The van der Waals surface area contributed by atoms with E-state index in [4.69, 9.17) is 25.8 Å². The third kappa shape index (κ3) is 3.97. The van der Waals surface area contributed by atoms with Gasteiger partial charge in [-0.25, -0.2) is 9.79 Å². The predicted molar refractivity (Wildman–Crippen MR) is 132 cm³/mol. The molecule has 34 heavy (non-hydrogen) atoms. The minimum Gasteiger partial charge on any atom is -0.463 e. The number of aromatic nitrogens is 1. The monoisotopic (exact) mass is 560 g/mol. The Morgan fingerprint density at radius 1 is 1.29 bits per heavy atom. The fourth-order valence-electron chi connectivity index (χ4n) is 3.94. The van der Waals surface area contributed by atoms with Crippen LogP contribution in [-0.2, 0) is 9.53 Å². The second-order valence-corrected chi connectivity index (χ2v) is 9.91. The molecule has 7 nitrogen and oxygen atoms in total. The number of benzene rings is 2. The Bertz CT molecular complexity index is 1520. The summed E-state index contributed by atoms with van der Waals surface area (Å²) in [6.07, 6.45) is 1.70. The molecule has 0 N–H and O–H groups in total. The summed E-state index contributed by atoms with van der Waals surface area (Å²) in [5.41, 5.74) is 1.97. The minimum absolute atomic E-state index is 0.125. The number of carbonyl (C=O) groups is 1. The van der Waals surface area contributed by atoms with Gasteiger partial charge in [0.25, 0.3) is 5.56 Å². The zero-order valence-corrected chi connectivity index (χ0v) is 21.3. The maximum Gasteiger partial charge on any atom is 0.338 e. The topological polar surface area (TPSA) is 79.1 Å². The SMILES string of the molecule is CCOC(=O)C1=C(C)N=c2sc(=Cc3cc4c(cc3Cl)OCO4)c(=O)n2[C@@H]1c1ccc(Br)cc1. The zero-order chi connectivity index (χ0) is 24.0. The summed E-state index contributed by atoms with van der Waals surface area (Å²) in [7, 11) is 0. The van der Waals surface area contributed by atoms with E-state index in [1.165, 1.54) is 11.3 Å². The number of hydrogen-bond acceptors (Lipinski definition) is 7. The molecule has 174 valence electrons. The number of allylic oxidation sites excluding steroid dienone is 1. The molecule has 0 aliphatic carbocycles. The van der Waals surface area contributed by atoms with Gasteiger partial charge in [0, 0.05) is 10.5 Å². The summed E-state index contributed by atoms with van der Waals surface area (Å²) in [5, 5.41) is 0.433. The second kappa shape index (κ2) is 9.05. The standard InChI is InChI=1S/C24H18BrClN2O5S/c1-3-31-23(30)20-12(2)27-24-28(21(20)13-4-6-15(25)7-5-13)22(29)19(34-24)9-14-8-17-18(10-16(14)26)33-11-32-17/h4-10,21H,3,11H2,1-2H3/t21-/m1/s1. The number of ether oxygens (including phenoxy) is 3. The Labute approximate surface area is 211 Å². The average molecular weight is 562 g/mol. The van der Waals surface area contributed by atoms with Crippen LogP contribution in [0.25, 0.3) is 6.08 Å². The Kier molecular flexibility index (Phi) is 6.09. The number of nitrogens with zero attached hydrogens (tertiary/aromatic N) is 2. The lowest BCUT2D eigenvalue weighted by atomic mass is 9.96. The van der Waals surface area contributed by atoms with E-state index < -0.39 is 12.0 Å². The van der Waals surface area contributed by atoms with Crippen molar-refractivity contribution in [3.8, 4) is 11.5 Å². The van der Waals surface area contributed by atoms with Crippen LogP contribution in [0.5, 0.6) is 11.5 Å². The molecule has 0 fully saturated rings. The average Bonchev–Trinajstić information content (AvgIpc) is 3.37. The highest BCUT2D eigenvalue weighted by atomic mass is 79.9. The first-order chi connectivity index (χ1) is 16.4. The molecule has 0 amide bonds. The van der Waals surface area contributed by atoms with Gasteiger partial charge in [-0.3, -0.25) is 9.36 Å². The molecule has 5 rings (SSSR count). The van der Waals surface area contributed by atoms with Gasteiger partial charge in [0.05, 0.1) is 33.5 Å². The first kappa shape index (κ1) is 22.9. The van der Waals surface area contributed by atoms with Crippen LogP contribution in [0, 0.1) is 0 Å². The first-order valence-corrected chi connectivity index (χ1v) is 12.4. The molecular weight excluding hydrogens is 544 g/mol. The molecule has 1 atom stereocenters. The maximum absolute atomic E-state index is 13.6. The van der Waals surface area contributed by atoms with Crippen LogP contribution >= 0.6 is 38.9 Å². The number of thiazole rings is 1. The van der Waals surface area contributed by atoms with E-state index in [2.05, 4.69) is 20.9 Å². The van der Waals surface area contributed by atoms with E-state index in [0.29, 0.717) is 42.7 Å². The van der Waals surface area contributed by atoms with Crippen molar-refractivity contribution in [3.05, 3.63) is 88.0 Å². The highest BCUT2D eigenvalue weighted by Gasteiger charge is 2.33. The summed E-state index contributed by atoms with van der Waals surface area (Å²) < 4.78 is 19.0. The van der Waals surface area contributed by atoms with Crippen LogP contribution in [-0.4, -0.2) is 23.9 Å². The highest BCUT2D eigenvalue weighted by Crippen LogP contribution is 2.37. The van der Waals surface area contributed by atoms with E-state index in [1.54, 1.807) is 36.6 Å². The van der Waals surface area contributed by atoms with Crippen LogP contribution < -0.4 is 24.4 Å². The van der Waals surface area contributed by atoms with Crippen molar-refractivity contribution in [2.45, 2.75) is 19.9 Å². The smallest absolute Gasteiger partial charge is 0.338 e. The fraction of sp³-hybridized carbons (Fsp3) is 0.208. The van der Waals surface area contributed by atoms with Gasteiger partial charge in [-0.2, -0.15) is 0 Å². The molecule has 3 aromatic rings. The number of halogens is 2. The van der Waals surface area contributed by atoms with Gasteiger partial charge in [-0.1, -0.05) is 51.0 Å². The number of carbonyl (C=O) groups excluding carboxylic acids is 1. The van der Waals surface area contributed by atoms with Gasteiger partial charge < -0.3 is 14.2 Å². The molecule has 0 spiro atoms. The molecule has 0 radical (unpaired) electrons. The normalized spacial score (nSPS) is 16.9. The van der Waals surface area contributed by atoms with Crippen molar-refractivity contribution < 1.29 is 19.0 Å². The molecule has 2 aliphatic rings. The van der Waals surface area contributed by atoms with Gasteiger partial charge in [-0.15, -0.1) is 0 Å². The van der Waals surface area contributed by atoms with Crippen molar-refractivity contribution in [2.24, 2.45) is 4.99 Å². The van der Waals surface area contributed by atoms with Crippen LogP contribution in [0.4, 0.5) is 0 Å². The van der Waals surface area contributed by atoms with Crippen LogP contribution in [0.3, 0.4) is 0 Å². The molecule has 0 bridgehead atoms. The van der Waals surface area contributed by atoms with Gasteiger partial charge in [0.2, 0.25) is 6.79 Å². The summed E-state index contributed by atoms with van der Waals surface area (Å²) in [5.74, 6) is 0.634. The second-order valence-electron chi connectivity index (χ2n) is 7.58. The molecule has 3 heterocycles. The van der Waals surface area contributed by atoms with E-state index in [-0.39, 0.29) is 19.0 Å². The van der Waals surface area contributed by atoms with Crippen molar-refractivity contribution in [3.63, 3.8) is 0 Å². The van der Waals surface area contributed by atoms with E-state index in [0.717, 1.165) is 10.0 Å². The van der Waals surface area contributed by atoms with Crippen LogP contribution in [0.1, 0.15) is 31.0 Å². The minimum atomic E-state index is -0.669. The fourth-order valence-corrected chi connectivity index (χ4v) is 5.45. The molecular formula is C24H18BrClN2O5S. The van der Waals surface area contributed by atoms with Gasteiger partial charge in [-0.05, 0) is 49.2 Å². The lowest BCUT2D eigenvalue weighted by molar-refractivity contribution is -0.139. The molecule has 0 saturated carbocycles. The van der Waals surface area contributed by atoms with E-state index in [9.17, 15) is 9.59 Å². The number of esters is 1. The van der Waals surface area contributed by atoms with Gasteiger partial charge in [0.1, 0.15) is 0 Å². The Morgan fingerprint density at radius 3 is 2.71 bits per heavy atom.